The Morgan fingerprint density at radius 3 is 2.63 bits per heavy atom. The molecule has 0 unspecified atom stereocenters. The minimum atomic E-state index is -0.469. The summed E-state index contributed by atoms with van der Waals surface area (Å²) in [5.74, 6) is 1.12. The summed E-state index contributed by atoms with van der Waals surface area (Å²) in [5, 5.41) is 14.3. The highest BCUT2D eigenvalue weighted by Gasteiger charge is 2.30. The number of aromatic nitrogens is 2. The lowest BCUT2D eigenvalue weighted by molar-refractivity contribution is 0.350. The Kier molecular flexibility index (Phi) is 5.57. The van der Waals surface area contributed by atoms with Crippen LogP contribution < -0.4 is 20.3 Å². The van der Waals surface area contributed by atoms with E-state index >= 15 is 0 Å². The molecule has 2 heterocycles. The largest absolute Gasteiger partial charge is 0.494 e. The molecule has 1 aliphatic rings. The third-order valence-electron chi connectivity index (χ3n) is 5.17. The number of hydrogen-bond donors (Lipinski definition) is 3. The van der Waals surface area contributed by atoms with Gasteiger partial charge in [0.1, 0.15) is 0 Å². The molecule has 0 fully saturated rings. The van der Waals surface area contributed by atoms with Gasteiger partial charge in [0, 0.05) is 12.6 Å². The lowest BCUT2D eigenvalue weighted by atomic mass is 9.90. The smallest absolute Gasteiger partial charge is 0.260 e. The molecule has 0 bridgehead atoms. The van der Waals surface area contributed by atoms with Crippen LogP contribution in [0.25, 0.3) is 0 Å². The fourth-order valence-corrected chi connectivity index (χ4v) is 3.90. The predicted octanol–water partition coefficient (Wildman–Crippen LogP) is 2.83. The van der Waals surface area contributed by atoms with Gasteiger partial charge in [0.2, 0.25) is 5.88 Å². The maximum absolute atomic E-state index is 12.7. The summed E-state index contributed by atoms with van der Waals surface area (Å²) < 4.78 is 12.6. The second-order valence-corrected chi connectivity index (χ2v) is 7.05. The van der Waals surface area contributed by atoms with E-state index in [2.05, 4.69) is 10.3 Å². The highest BCUT2D eigenvalue weighted by atomic mass is 32.1. The summed E-state index contributed by atoms with van der Waals surface area (Å²) in [6.07, 6.45) is 1.56. The molecular weight excluding hydrogens is 366 g/mol. The minimum Gasteiger partial charge on any atom is -0.494 e. The SMILES string of the molecule is CC[C@@H](C)n1c(O)c([C@@H]2NCCc3cc(OC)c(OC)cc32)c(=O)[nH]c1=S. The zero-order valence-electron chi connectivity index (χ0n) is 16.0. The maximum atomic E-state index is 12.7. The number of methoxy groups -OCH3 is 2. The fourth-order valence-electron chi connectivity index (χ4n) is 3.54. The van der Waals surface area contributed by atoms with Crippen LogP contribution in [0.3, 0.4) is 0 Å². The molecule has 3 rings (SSSR count). The van der Waals surface area contributed by atoms with E-state index in [1.807, 2.05) is 26.0 Å². The van der Waals surface area contributed by atoms with Gasteiger partial charge >= 0.3 is 0 Å². The van der Waals surface area contributed by atoms with Gasteiger partial charge in [-0.05, 0) is 55.2 Å². The van der Waals surface area contributed by atoms with Crippen molar-refractivity contribution >= 4 is 12.2 Å². The van der Waals surface area contributed by atoms with Crippen molar-refractivity contribution in [2.75, 3.05) is 20.8 Å². The third-order valence-corrected chi connectivity index (χ3v) is 5.47. The van der Waals surface area contributed by atoms with Crippen LogP contribution in [0, 0.1) is 4.77 Å². The summed E-state index contributed by atoms with van der Waals surface area (Å²) in [6.45, 7) is 4.63. The van der Waals surface area contributed by atoms with E-state index in [1.54, 1.807) is 18.8 Å². The Balaban J connectivity index is 2.23. The van der Waals surface area contributed by atoms with Gasteiger partial charge in [-0.15, -0.1) is 0 Å². The van der Waals surface area contributed by atoms with Crippen LogP contribution in [0.1, 0.15) is 49.0 Å². The third kappa shape index (κ3) is 3.35. The van der Waals surface area contributed by atoms with Crippen molar-refractivity contribution in [3.8, 4) is 17.4 Å². The molecule has 0 saturated carbocycles. The number of H-pyrrole nitrogens is 1. The number of benzene rings is 1. The van der Waals surface area contributed by atoms with Crippen LogP contribution in [-0.2, 0) is 6.42 Å². The Hall–Kier alpha value is -2.32. The van der Waals surface area contributed by atoms with E-state index in [9.17, 15) is 9.90 Å². The molecule has 0 aliphatic carbocycles. The lowest BCUT2D eigenvalue weighted by Crippen LogP contribution is -2.35. The minimum absolute atomic E-state index is 0.0402. The number of fused-ring (bicyclic) bond motifs is 1. The first-order chi connectivity index (χ1) is 12.9. The molecule has 0 saturated heterocycles. The van der Waals surface area contributed by atoms with Gasteiger partial charge in [-0.1, -0.05) is 6.92 Å². The van der Waals surface area contributed by atoms with E-state index in [0.717, 1.165) is 24.0 Å². The molecule has 2 aromatic rings. The highest BCUT2D eigenvalue weighted by molar-refractivity contribution is 7.71. The average molecular weight is 391 g/mol. The van der Waals surface area contributed by atoms with Crippen molar-refractivity contribution in [1.29, 1.82) is 0 Å². The average Bonchev–Trinajstić information content (AvgIpc) is 2.66. The molecule has 1 aliphatic heterocycles. The van der Waals surface area contributed by atoms with Crippen LogP contribution in [0.2, 0.25) is 0 Å². The first-order valence-corrected chi connectivity index (χ1v) is 9.39. The number of aromatic hydroxyl groups is 1. The second-order valence-electron chi connectivity index (χ2n) is 6.67. The van der Waals surface area contributed by atoms with Crippen LogP contribution in [0.15, 0.2) is 16.9 Å². The van der Waals surface area contributed by atoms with Crippen molar-refractivity contribution in [3.05, 3.63) is 43.9 Å². The summed E-state index contributed by atoms with van der Waals surface area (Å²) in [7, 11) is 3.17. The molecule has 0 spiro atoms. The normalized spacial score (nSPS) is 17.3. The van der Waals surface area contributed by atoms with Gasteiger partial charge in [0.15, 0.2) is 16.3 Å². The predicted molar refractivity (Wildman–Crippen MR) is 106 cm³/mol. The number of rotatable bonds is 5. The molecule has 8 heteroatoms. The summed E-state index contributed by atoms with van der Waals surface area (Å²) in [6, 6.07) is 3.28. The highest BCUT2D eigenvalue weighted by Crippen LogP contribution is 2.38. The Morgan fingerprint density at radius 1 is 1.33 bits per heavy atom. The standard InChI is InChI=1S/C19H25N3O4S/c1-5-10(2)22-18(24)15(17(23)21-19(22)27)16-12-9-14(26-4)13(25-3)8-11(12)6-7-20-16/h8-10,16,20,24H,5-7H2,1-4H3,(H,21,23,27)/t10-,16-/m1/s1. The topological polar surface area (TPSA) is 88.5 Å². The van der Waals surface area contributed by atoms with Crippen LogP contribution in [0.4, 0.5) is 0 Å². The molecule has 7 nitrogen and oxygen atoms in total. The van der Waals surface area contributed by atoms with Crippen LogP contribution in [-0.4, -0.2) is 35.4 Å². The van der Waals surface area contributed by atoms with Crippen molar-refractivity contribution < 1.29 is 14.6 Å². The van der Waals surface area contributed by atoms with E-state index in [4.69, 9.17) is 21.7 Å². The molecule has 1 aromatic heterocycles. The molecule has 2 atom stereocenters. The van der Waals surface area contributed by atoms with Gasteiger partial charge < -0.3 is 19.9 Å². The van der Waals surface area contributed by atoms with E-state index in [-0.39, 0.29) is 22.3 Å². The monoisotopic (exact) mass is 391 g/mol. The zero-order chi connectivity index (χ0) is 19.7. The number of ether oxygens (including phenoxy) is 2. The number of nitrogens with one attached hydrogen (secondary N) is 2. The van der Waals surface area contributed by atoms with Crippen molar-refractivity contribution in [3.63, 3.8) is 0 Å². The van der Waals surface area contributed by atoms with Gasteiger partial charge in [-0.25, -0.2) is 0 Å². The molecule has 0 amide bonds. The first-order valence-electron chi connectivity index (χ1n) is 8.98. The van der Waals surface area contributed by atoms with E-state index in [0.29, 0.717) is 18.0 Å². The summed E-state index contributed by atoms with van der Waals surface area (Å²) in [4.78, 5) is 15.4. The van der Waals surface area contributed by atoms with E-state index < -0.39 is 11.6 Å². The molecule has 1 aromatic carbocycles. The molecule has 0 radical (unpaired) electrons. The molecule has 146 valence electrons. The van der Waals surface area contributed by atoms with Gasteiger partial charge in [0.05, 0.1) is 25.8 Å². The molecule has 27 heavy (non-hydrogen) atoms. The van der Waals surface area contributed by atoms with Gasteiger partial charge in [0.25, 0.3) is 5.56 Å². The maximum Gasteiger partial charge on any atom is 0.260 e. The summed E-state index contributed by atoms with van der Waals surface area (Å²) >= 11 is 5.27. The van der Waals surface area contributed by atoms with Crippen LogP contribution in [0.5, 0.6) is 17.4 Å². The Bertz CT molecular complexity index is 967. The van der Waals surface area contributed by atoms with Gasteiger partial charge in [-0.2, -0.15) is 0 Å². The number of hydrogen-bond acceptors (Lipinski definition) is 6. The van der Waals surface area contributed by atoms with Crippen molar-refractivity contribution in [1.82, 2.24) is 14.9 Å². The Morgan fingerprint density at radius 2 is 2.00 bits per heavy atom. The number of nitrogens with zero attached hydrogens (tertiary/aromatic N) is 1. The Labute approximate surface area is 163 Å². The van der Waals surface area contributed by atoms with Crippen molar-refractivity contribution in [2.24, 2.45) is 0 Å². The lowest BCUT2D eigenvalue weighted by Gasteiger charge is -2.29. The first kappa shape index (κ1) is 19.4. The molecular formula is C19H25N3O4S. The van der Waals surface area contributed by atoms with Crippen molar-refractivity contribution in [2.45, 2.75) is 38.8 Å². The molecule has 3 N–H and O–H groups in total. The van der Waals surface area contributed by atoms with E-state index in [1.165, 1.54) is 0 Å². The van der Waals surface area contributed by atoms with Gasteiger partial charge in [-0.3, -0.25) is 14.3 Å². The second kappa shape index (κ2) is 7.74. The quantitative estimate of drug-likeness (QED) is 0.680. The number of aromatic amines is 1. The zero-order valence-corrected chi connectivity index (χ0v) is 16.8. The fraction of sp³-hybridized carbons (Fsp3) is 0.474. The van der Waals surface area contributed by atoms with Crippen LogP contribution >= 0.6 is 12.2 Å². The summed E-state index contributed by atoms with van der Waals surface area (Å²) in [5.41, 5.74) is 1.80.